The molecule has 2 atom stereocenters. The first-order chi connectivity index (χ1) is 23.3. The number of aromatic nitrogens is 4. The van der Waals surface area contributed by atoms with Gasteiger partial charge in [0.05, 0.1) is 29.8 Å². The molecule has 3 aromatic rings. The third-order valence-electron chi connectivity index (χ3n) is 9.45. The number of rotatable bonds is 8. The maximum Gasteiger partial charge on any atom is 0.416 e. The second kappa shape index (κ2) is 13.9. The Kier molecular flexibility index (Phi) is 10.3. The van der Waals surface area contributed by atoms with Gasteiger partial charge >= 0.3 is 18.5 Å². The normalized spacial score (nSPS) is 21.6. The topological polar surface area (TPSA) is 84.2 Å². The van der Waals surface area contributed by atoms with Crippen molar-refractivity contribution in [2.24, 2.45) is 18.9 Å². The quantitative estimate of drug-likeness (QED) is 0.218. The molecule has 1 saturated carbocycles. The van der Waals surface area contributed by atoms with Crippen molar-refractivity contribution in [3.05, 3.63) is 64.2 Å². The van der Waals surface area contributed by atoms with E-state index in [1.165, 1.54) is 29.8 Å². The Balaban J connectivity index is 1.61. The number of fused-ring (bicyclic) bond motifs is 1. The van der Waals surface area contributed by atoms with Crippen LogP contribution in [0.25, 0.3) is 0 Å². The highest BCUT2D eigenvalue weighted by Crippen LogP contribution is 2.47. The molecule has 272 valence electrons. The fourth-order valence-electron chi connectivity index (χ4n) is 7.08. The van der Waals surface area contributed by atoms with Crippen LogP contribution in [-0.4, -0.2) is 37.9 Å². The molecule has 2 aliphatic rings. The van der Waals surface area contributed by atoms with Crippen LogP contribution in [0.4, 0.5) is 51.1 Å². The Bertz CT molecular complexity index is 1680. The molecule has 8 nitrogen and oxygen atoms in total. The molecule has 0 saturated heterocycles. The van der Waals surface area contributed by atoms with Crippen molar-refractivity contribution < 1.29 is 49.1 Å². The summed E-state index contributed by atoms with van der Waals surface area (Å²) in [7, 11) is 1.37. The van der Waals surface area contributed by atoms with E-state index in [0.717, 1.165) is 16.9 Å². The van der Waals surface area contributed by atoms with Crippen molar-refractivity contribution in [2.75, 3.05) is 9.80 Å². The highest BCUT2D eigenvalue weighted by atomic mass is 19.4. The van der Waals surface area contributed by atoms with E-state index < -0.39 is 65.3 Å². The lowest BCUT2D eigenvalue weighted by Crippen LogP contribution is -2.50. The van der Waals surface area contributed by atoms with Gasteiger partial charge in [0.2, 0.25) is 5.91 Å². The van der Waals surface area contributed by atoms with E-state index in [4.69, 9.17) is 0 Å². The van der Waals surface area contributed by atoms with Crippen LogP contribution in [0.15, 0.2) is 36.4 Å². The summed E-state index contributed by atoms with van der Waals surface area (Å²) in [6.07, 6.45) is -12.2. The maximum atomic E-state index is 14.2. The molecule has 0 bridgehead atoms. The van der Waals surface area contributed by atoms with Gasteiger partial charge in [-0.3, -0.25) is 4.79 Å². The number of hydrogen-bond acceptors (Lipinski definition) is 6. The number of amides is 1. The monoisotopic (exact) mass is 718 g/mol. The fourth-order valence-corrected chi connectivity index (χ4v) is 7.08. The van der Waals surface area contributed by atoms with Gasteiger partial charge in [0.1, 0.15) is 5.78 Å². The van der Waals surface area contributed by atoms with Gasteiger partial charge in [0.25, 0.3) is 5.95 Å². The van der Waals surface area contributed by atoms with Gasteiger partial charge in [-0.05, 0) is 104 Å². The SMILES string of the molecule is CC[C@@H]1C[C@H](N(Cc2cc(C(F)(F)F)cc(C(F)(F)F)c2)c2nnn(C)n2)c2cc(C(F)(F)F)ccc2N1C(=O)C1CCC(CC(C)=O)CC1. The molecule has 1 aromatic heterocycles. The van der Waals surface area contributed by atoms with Crippen molar-refractivity contribution in [1.82, 2.24) is 20.2 Å². The van der Waals surface area contributed by atoms with Gasteiger partial charge < -0.3 is 14.6 Å². The van der Waals surface area contributed by atoms with Crippen LogP contribution >= 0.6 is 0 Å². The molecular weight excluding hydrogens is 683 g/mol. The second-order valence-corrected chi connectivity index (χ2v) is 13.0. The molecule has 1 aliphatic carbocycles. The molecule has 0 radical (unpaired) electrons. The lowest BCUT2D eigenvalue weighted by molar-refractivity contribution is -0.143. The molecule has 0 spiro atoms. The number of nitrogens with zero attached hydrogens (tertiary/aromatic N) is 6. The van der Waals surface area contributed by atoms with Crippen LogP contribution in [0.5, 0.6) is 0 Å². The van der Waals surface area contributed by atoms with Gasteiger partial charge in [-0.25, -0.2) is 0 Å². The molecule has 2 heterocycles. The van der Waals surface area contributed by atoms with Crippen molar-refractivity contribution >= 4 is 23.3 Å². The Labute approximate surface area is 281 Å². The molecule has 17 heteroatoms. The van der Waals surface area contributed by atoms with Crippen LogP contribution < -0.4 is 9.80 Å². The summed E-state index contributed by atoms with van der Waals surface area (Å²) in [5, 5.41) is 11.8. The number of halogens is 9. The van der Waals surface area contributed by atoms with Gasteiger partial charge in [0.15, 0.2) is 0 Å². The van der Waals surface area contributed by atoms with E-state index in [0.29, 0.717) is 50.7 Å². The Hall–Kier alpha value is -4.18. The molecule has 0 N–H and O–H groups in total. The molecular formula is C33H35F9N6O2. The zero-order valence-electron chi connectivity index (χ0n) is 27.3. The number of carbonyl (C=O) groups excluding carboxylic acids is 2. The molecule has 1 aliphatic heterocycles. The minimum Gasteiger partial charge on any atom is -0.327 e. The summed E-state index contributed by atoms with van der Waals surface area (Å²) in [6.45, 7) is 2.61. The summed E-state index contributed by atoms with van der Waals surface area (Å²) < 4.78 is 125. The number of carbonyl (C=O) groups is 2. The molecule has 5 rings (SSSR count). The minimum atomic E-state index is -5.13. The van der Waals surface area contributed by atoms with E-state index in [2.05, 4.69) is 15.4 Å². The van der Waals surface area contributed by atoms with E-state index in [9.17, 15) is 49.1 Å². The Morgan fingerprint density at radius 3 is 1.96 bits per heavy atom. The van der Waals surface area contributed by atoms with E-state index in [-0.39, 0.29) is 47.3 Å². The number of benzene rings is 2. The van der Waals surface area contributed by atoms with Crippen LogP contribution in [0, 0.1) is 11.8 Å². The van der Waals surface area contributed by atoms with Crippen LogP contribution in [0.2, 0.25) is 0 Å². The first kappa shape index (κ1) is 37.1. The van der Waals surface area contributed by atoms with E-state index in [1.54, 1.807) is 6.92 Å². The smallest absolute Gasteiger partial charge is 0.327 e. The molecule has 2 aromatic carbocycles. The first-order valence-corrected chi connectivity index (χ1v) is 16.1. The third-order valence-corrected chi connectivity index (χ3v) is 9.45. The van der Waals surface area contributed by atoms with Crippen LogP contribution in [0.1, 0.15) is 92.7 Å². The Morgan fingerprint density at radius 1 is 0.860 bits per heavy atom. The van der Waals surface area contributed by atoms with Crippen molar-refractivity contribution in [1.29, 1.82) is 0 Å². The number of alkyl halides is 9. The van der Waals surface area contributed by atoms with Crippen molar-refractivity contribution in [3.63, 3.8) is 0 Å². The summed E-state index contributed by atoms with van der Waals surface area (Å²) in [6, 6.07) is 2.22. The van der Waals surface area contributed by atoms with Crippen molar-refractivity contribution in [2.45, 2.75) is 96.0 Å². The number of Topliss-reactive ketones (excluding diaryl/α,β-unsaturated/α-hetero) is 1. The molecule has 0 unspecified atom stereocenters. The average Bonchev–Trinajstić information content (AvgIpc) is 3.46. The number of anilines is 2. The number of hydrogen-bond donors (Lipinski definition) is 0. The summed E-state index contributed by atoms with van der Waals surface area (Å²) >= 11 is 0. The number of aryl methyl sites for hydroxylation is 1. The zero-order chi connectivity index (χ0) is 36.8. The summed E-state index contributed by atoms with van der Waals surface area (Å²) in [5.74, 6) is -0.820. The van der Waals surface area contributed by atoms with E-state index >= 15 is 0 Å². The van der Waals surface area contributed by atoms with Gasteiger partial charge in [-0.15, -0.1) is 5.10 Å². The number of tetrazole rings is 1. The highest BCUT2D eigenvalue weighted by Gasteiger charge is 2.44. The predicted octanol–water partition coefficient (Wildman–Crippen LogP) is 8.32. The fraction of sp³-hybridized carbons (Fsp3) is 0.545. The lowest BCUT2D eigenvalue weighted by atomic mass is 9.78. The second-order valence-electron chi connectivity index (χ2n) is 13.0. The summed E-state index contributed by atoms with van der Waals surface area (Å²) in [5.41, 5.74) is -4.48. The maximum absolute atomic E-state index is 14.2. The number of ketones is 1. The molecule has 1 amide bonds. The predicted molar refractivity (Wildman–Crippen MR) is 163 cm³/mol. The minimum absolute atomic E-state index is 0.00980. The van der Waals surface area contributed by atoms with E-state index in [1.807, 2.05) is 0 Å². The highest BCUT2D eigenvalue weighted by molar-refractivity contribution is 5.97. The Morgan fingerprint density at radius 2 is 1.46 bits per heavy atom. The largest absolute Gasteiger partial charge is 0.416 e. The average molecular weight is 719 g/mol. The summed E-state index contributed by atoms with van der Waals surface area (Å²) in [4.78, 5) is 29.5. The van der Waals surface area contributed by atoms with Crippen molar-refractivity contribution in [3.8, 4) is 0 Å². The zero-order valence-corrected chi connectivity index (χ0v) is 27.3. The van der Waals surface area contributed by atoms with Gasteiger partial charge in [-0.1, -0.05) is 12.0 Å². The van der Waals surface area contributed by atoms with Gasteiger partial charge in [-0.2, -0.15) is 44.3 Å². The van der Waals surface area contributed by atoms with Crippen LogP contribution in [0.3, 0.4) is 0 Å². The molecule has 50 heavy (non-hydrogen) atoms. The lowest BCUT2D eigenvalue weighted by Gasteiger charge is -2.46. The van der Waals surface area contributed by atoms with Gasteiger partial charge in [0, 0.05) is 30.6 Å². The molecule has 1 fully saturated rings. The third kappa shape index (κ3) is 8.06. The standard InChI is InChI=1S/C33H35F9N6O2/c1-4-25-16-28(47(30-43-45-46(3)44-30)17-20-12-23(32(37,38)39)14-24(13-20)33(40,41)42)26-15-22(31(34,35)36)9-10-27(26)48(25)29(50)21-7-5-19(6-8-21)11-18(2)49/h9-10,12-15,19,21,25,28H,4-8,11,16-17H2,1-3H3/t19?,21?,25-,28+/m1/s1. The first-order valence-electron chi connectivity index (χ1n) is 16.1. The van der Waals surface area contributed by atoms with Crippen LogP contribution in [-0.2, 0) is 41.7 Å².